The summed E-state index contributed by atoms with van der Waals surface area (Å²) in [7, 11) is 0. The van der Waals surface area contributed by atoms with Crippen molar-refractivity contribution in [3.05, 3.63) is 77.4 Å². The molecule has 0 saturated heterocycles. The molecule has 0 aliphatic carbocycles. The monoisotopic (exact) mass is 389 g/mol. The SMILES string of the molecule is O=C(Nc1ccccc1C(=O)NCc1nnc2n1CCCCC2)c1ccccc1. The lowest BCUT2D eigenvalue weighted by Gasteiger charge is -2.12. The Morgan fingerprint density at radius 2 is 1.69 bits per heavy atom. The highest BCUT2D eigenvalue weighted by molar-refractivity contribution is 6.08. The van der Waals surface area contributed by atoms with E-state index in [0.717, 1.165) is 37.5 Å². The lowest BCUT2D eigenvalue weighted by Crippen LogP contribution is -2.26. The summed E-state index contributed by atoms with van der Waals surface area (Å²) in [5.41, 5.74) is 1.42. The molecule has 0 saturated carbocycles. The molecule has 2 N–H and O–H groups in total. The minimum absolute atomic E-state index is 0.256. The third-order valence-electron chi connectivity index (χ3n) is 5.05. The standard InChI is InChI=1S/C22H23N5O2/c28-21(16-9-3-1-4-10-16)24-18-12-7-6-11-17(18)22(29)23-15-20-26-25-19-13-5-2-8-14-27(19)20/h1,3-4,6-7,9-12H,2,5,8,13-15H2,(H,23,29)(H,24,28). The molecule has 29 heavy (non-hydrogen) atoms. The van der Waals surface area contributed by atoms with Crippen molar-refractivity contribution < 1.29 is 9.59 Å². The number of nitrogens with one attached hydrogen (secondary N) is 2. The highest BCUT2D eigenvalue weighted by Crippen LogP contribution is 2.17. The first-order chi connectivity index (χ1) is 14.2. The molecule has 7 nitrogen and oxygen atoms in total. The van der Waals surface area contributed by atoms with E-state index in [1.807, 2.05) is 6.07 Å². The maximum Gasteiger partial charge on any atom is 0.255 e. The van der Waals surface area contributed by atoms with Crippen LogP contribution in [-0.2, 0) is 19.5 Å². The highest BCUT2D eigenvalue weighted by Gasteiger charge is 2.17. The van der Waals surface area contributed by atoms with Gasteiger partial charge in [0, 0.05) is 18.5 Å². The molecule has 1 aliphatic rings. The van der Waals surface area contributed by atoms with E-state index in [1.165, 1.54) is 6.42 Å². The van der Waals surface area contributed by atoms with E-state index in [1.54, 1.807) is 48.5 Å². The fourth-order valence-corrected chi connectivity index (χ4v) is 3.50. The van der Waals surface area contributed by atoms with Crippen LogP contribution in [0.2, 0.25) is 0 Å². The van der Waals surface area contributed by atoms with Crippen LogP contribution in [0.5, 0.6) is 0 Å². The second kappa shape index (κ2) is 8.68. The molecule has 0 atom stereocenters. The quantitative estimate of drug-likeness (QED) is 0.701. The van der Waals surface area contributed by atoms with Gasteiger partial charge < -0.3 is 15.2 Å². The molecule has 0 unspecified atom stereocenters. The van der Waals surface area contributed by atoms with Gasteiger partial charge in [0.1, 0.15) is 5.82 Å². The van der Waals surface area contributed by atoms with Gasteiger partial charge in [-0.15, -0.1) is 10.2 Å². The Hall–Kier alpha value is -3.48. The predicted molar refractivity (Wildman–Crippen MR) is 110 cm³/mol. The van der Waals surface area contributed by atoms with Gasteiger partial charge in [-0.1, -0.05) is 36.8 Å². The number of nitrogens with zero attached hydrogens (tertiary/aromatic N) is 3. The normalized spacial score (nSPS) is 13.2. The number of fused-ring (bicyclic) bond motifs is 1. The van der Waals surface area contributed by atoms with Crippen molar-refractivity contribution in [2.45, 2.75) is 38.8 Å². The van der Waals surface area contributed by atoms with Gasteiger partial charge in [-0.25, -0.2) is 0 Å². The fraction of sp³-hybridized carbons (Fsp3) is 0.273. The van der Waals surface area contributed by atoms with Crippen LogP contribution in [0.3, 0.4) is 0 Å². The Kier molecular flexibility index (Phi) is 5.65. The Bertz CT molecular complexity index is 1010. The molecule has 0 spiro atoms. The minimum atomic E-state index is -0.264. The number of aromatic nitrogens is 3. The maximum atomic E-state index is 12.8. The van der Waals surface area contributed by atoms with Crippen molar-refractivity contribution in [1.82, 2.24) is 20.1 Å². The molecular formula is C22H23N5O2. The summed E-state index contributed by atoms with van der Waals surface area (Å²) in [6.45, 7) is 1.18. The number of benzene rings is 2. The first kappa shape index (κ1) is 18.9. The fourth-order valence-electron chi connectivity index (χ4n) is 3.50. The van der Waals surface area contributed by atoms with E-state index >= 15 is 0 Å². The third-order valence-corrected chi connectivity index (χ3v) is 5.05. The summed E-state index contributed by atoms with van der Waals surface area (Å²) >= 11 is 0. The van der Waals surface area contributed by atoms with Crippen LogP contribution in [-0.4, -0.2) is 26.6 Å². The number of hydrogen-bond acceptors (Lipinski definition) is 4. The van der Waals surface area contributed by atoms with Gasteiger partial charge in [0.05, 0.1) is 17.8 Å². The predicted octanol–water partition coefficient (Wildman–Crippen LogP) is 3.19. The summed E-state index contributed by atoms with van der Waals surface area (Å²) in [6.07, 6.45) is 4.33. The third kappa shape index (κ3) is 4.34. The lowest BCUT2D eigenvalue weighted by molar-refractivity contribution is 0.0950. The maximum absolute atomic E-state index is 12.8. The summed E-state index contributed by atoms with van der Waals surface area (Å²) in [6, 6.07) is 15.9. The molecule has 2 aromatic carbocycles. The molecular weight excluding hydrogens is 366 g/mol. The number of rotatable bonds is 5. The van der Waals surface area contributed by atoms with Crippen LogP contribution in [0.25, 0.3) is 0 Å². The van der Waals surface area contributed by atoms with Gasteiger partial charge in [-0.2, -0.15) is 0 Å². The number of amides is 2. The van der Waals surface area contributed by atoms with Gasteiger partial charge in [0.2, 0.25) is 0 Å². The Labute approximate surface area is 169 Å². The first-order valence-electron chi connectivity index (χ1n) is 9.87. The topological polar surface area (TPSA) is 88.9 Å². The summed E-state index contributed by atoms with van der Waals surface area (Å²) in [5.74, 6) is 1.23. The van der Waals surface area contributed by atoms with Crippen molar-refractivity contribution in [2.24, 2.45) is 0 Å². The average molecular weight is 389 g/mol. The van der Waals surface area contributed by atoms with E-state index in [-0.39, 0.29) is 11.8 Å². The summed E-state index contributed by atoms with van der Waals surface area (Å²) < 4.78 is 2.11. The van der Waals surface area contributed by atoms with Crippen molar-refractivity contribution in [1.29, 1.82) is 0 Å². The Morgan fingerprint density at radius 1 is 0.897 bits per heavy atom. The van der Waals surface area contributed by atoms with E-state index in [0.29, 0.717) is 23.4 Å². The Morgan fingerprint density at radius 3 is 2.55 bits per heavy atom. The van der Waals surface area contributed by atoms with Gasteiger partial charge in [0.15, 0.2) is 5.82 Å². The van der Waals surface area contributed by atoms with Crippen molar-refractivity contribution >= 4 is 17.5 Å². The largest absolute Gasteiger partial charge is 0.345 e. The number of hydrogen-bond donors (Lipinski definition) is 2. The molecule has 2 amide bonds. The number of aryl methyl sites for hydroxylation is 1. The second-order valence-electron chi connectivity index (χ2n) is 7.04. The van der Waals surface area contributed by atoms with Crippen LogP contribution in [0, 0.1) is 0 Å². The van der Waals surface area contributed by atoms with E-state index in [9.17, 15) is 9.59 Å². The molecule has 4 rings (SSSR count). The van der Waals surface area contributed by atoms with Crippen LogP contribution in [0.1, 0.15) is 51.6 Å². The van der Waals surface area contributed by atoms with Crippen molar-refractivity contribution in [2.75, 3.05) is 5.32 Å². The van der Waals surface area contributed by atoms with Crippen LogP contribution in [0.15, 0.2) is 54.6 Å². The lowest BCUT2D eigenvalue weighted by atomic mass is 10.1. The van der Waals surface area contributed by atoms with Crippen LogP contribution in [0.4, 0.5) is 5.69 Å². The smallest absolute Gasteiger partial charge is 0.255 e. The van der Waals surface area contributed by atoms with Crippen LogP contribution >= 0.6 is 0 Å². The molecule has 0 bridgehead atoms. The molecule has 1 aliphatic heterocycles. The van der Waals surface area contributed by atoms with E-state index in [2.05, 4.69) is 25.4 Å². The number of carbonyl (C=O) groups excluding carboxylic acids is 2. The molecule has 0 fully saturated rings. The minimum Gasteiger partial charge on any atom is -0.345 e. The van der Waals surface area contributed by atoms with E-state index < -0.39 is 0 Å². The number of para-hydroxylation sites is 1. The van der Waals surface area contributed by atoms with Gasteiger partial charge >= 0.3 is 0 Å². The van der Waals surface area contributed by atoms with Gasteiger partial charge in [0.25, 0.3) is 11.8 Å². The average Bonchev–Trinajstić information content (AvgIpc) is 2.99. The molecule has 0 radical (unpaired) electrons. The second-order valence-corrected chi connectivity index (χ2v) is 7.04. The zero-order valence-electron chi connectivity index (χ0n) is 16.1. The van der Waals surface area contributed by atoms with Gasteiger partial charge in [-0.3, -0.25) is 9.59 Å². The molecule has 148 valence electrons. The molecule has 2 heterocycles. The number of carbonyl (C=O) groups is 2. The van der Waals surface area contributed by atoms with Crippen molar-refractivity contribution in [3.63, 3.8) is 0 Å². The van der Waals surface area contributed by atoms with E-state index in [4.69, 9.17) is 0 Å². The van der Waals surface area contributed by atoms with Crippen molar-refractivity contribution in [3.8, 4) is 0 Å². The molecule has 7 heteroatoms. The summed E-state index contributed by atoms with van der Waals surface area (Å²) in [4.78, 5) is 25.3. The Balaban J connectivity index is 1.46. The summed E-state index contributed by atoms with van der Waals surface area (Å²) in [5, 5.41) is 14.2. The zero-order chi connectivity index (χ0) is 20.1. The van der Waals surface area contributed by atoms with Crippen LogP contribution < -0.4 is 10.6 Å². The number of anilines is 1. The molecule has 1 aromatic heterocycles. The zero-order valence-corrected chi connectivity index (χ0v) is 16.1. The highest BCUT2D eigenvalue weighted by atomic mass is 16.2. The molecule has 3 aromatic rings. The first-order valence-corrected chi connectivity index (χ1v) is 9.87. The van der Waals surface area contributed by atoms with Gasteiger partial charge in [-0.05, 0) is 37.1 Å².